The van der Waals surface area contributed by atoms with E-state index in [1.807, 2.05) is 25.4 Å². The fourth-order valence-corrected chi connectivity index (χ4v) is 3.73. The molecule has 27 heavy (non-hydrogen) atoms. The molecule has 8 nitrogen and oxygen atoms in total. The van der Waals surface area contributed by atoms with Crippen molar-refractivity contribution in [2.45, 2.75) is 12.1 Å². The molecular weight excluding hydrogens is 362 g/mol. The molecule has 0 bridgehead atoms. The topological polar surface area (TPSA) is 70.5 Å². The molecule has 2 aromatic rings. The number of piperazine rings is 1. The van der Waals surface area contributed by atoms with Crippen molar-refractivity contribution in [3.8, 4) is 0 Å². The third kappa shape index (κ3) is 4.24. The number of aryl methyl sites for hydroxylation is 1. The van der Waals surface area contributed by atoms with E-state index < -0.39 is 0 Å². The molecule has 0 atom stereocenters. The molecule has 0 spiro atoms. The van der Waals surface area contributed by atoms with E-state index in [2.05, 4.69) is 35.7 Å². The maximum Gasteiger partial charge on any atom is 0.227 e. The lowest BCUT2D eigenvalue weighted by Gasteiger charge is -2.36. The molecule has 0 N–H and O–H groups in total. The van der Waals surface area contributed by atoms with Gasteiger partial charge in [-0.05, 0) is 19.2 Å². The minimum atomic E-state index is 0.758. The van der Waals surface area contributed by atoms with Gasteiger partial charge in [0.15, 0.2) is 5.16 Å². The maximum absolute atomic E-state index is 5.46. The Morgan fingerprint density at radius 1 is 0.889 bits per heavy atom. The molecule has 0 unspecified atom stereocenters. The van der Waals surface area contributed by atoms with E-state index in [0.29, 0.717) is 0 Å². The Labute approximate surface area is 164 Å². The predicted octanol–water partition coefficient (Wildman–Crippen LogP) is 1.46. The van der Waals surface area contributed by atoms with E-state index in [0.717, 1.165) is 80.9 Å². The van der Waals surface area contributed by atoms with Crippen molar-refractivity contribution >= 4 is 29.3 Å². The van der Waals surface area contributed by atoms with Gasteiger partial charge in [0.1, 0.15) is 11.6 Å². The highest BCUT2D eigenvalue weighted by Crippen LogP contribution is 2.21. The number of hydrogen-bond donors (Lipinski definition) is 0. The Kier molecular flexibility index (Phi) is 5.58. The van der Waals surface area contributed by atoms with Crippen LogP contribution >= 0.6 is 11.8 Å². The summed E-state index contributed by atoms with van der Waals surface area (Å²) in [4.78, 5) is 25.3. The van der Waals surface area contributed by atoms with Crippen molar-refractivity contribution in [2.75, 3.05) is 73.4 Å². The van der Waals surface area contributed by atoms with Crippen molar-refractivity contribution in [2.24, 2.45) is 0 Å². The quantitative estimate of drug-likeness (QED) is 0.573. The van der Waals surface area contributed by atoms with Crippen LogP contribution in [0.25, 0.3) is 0 Å². The lowest BCUT2D eigenvalue weighted by molar-refractivity contribution is 0.122. The number of nitrogens with zero attached hydrogens (tertiary/aromatic N) is 7. The van der Waals surface area contributed by atoms with Gasteiger partial charge in [-0.3, -0.25) is 0 Å². The molecule has 2 aliphatic rings. The minimum absolute atomic E-state index is 0.758. The van der Waals surface area contributed by atoms with Crippen molar-refractivity contribution in [1.29, 1.82) is 0 Å². The van der Waals surface area contributed by atoms with Crippen molar-refractivity contribution in [3.63, 3.8) is 0 Å². The van der Waals surface area contributed by atoms with E-state index in [4.69, 9.17) is 9.72 Å². The number of thioether (sulfide) groups is 1. The highest BCUT2D eigenvalue weighted by Gasteiger charge is 2.22. The van der Waals surface area contributed by atoms with Gasteiger partial charge in [0.25, 0.3) is 0 Å². The first-order valence-corrected chi connectivity index (χ1v) is 10.5. The first-order valence-electron chi connectivity index (χ1n) is 9.28. The van der Waals surface area contributed by atoms with Gasteiger partial charge in [-0.2, -0.15) is 4.98 Å². The Bertz CT molecular complexity index is 776. The third-order valence-electron chi connectivity index (χ3n) is 4.85. The number of anilines is 3. The van der Waals surface area contributed by atoms with Crippen LogP contribution in [-0.4, -0.2) is 78.7 Å². The molecule has 2 fully saturated rings. The summed E-state index contributed by atoms with van der Waals surface area (Å²) in [7, 11) is 0. The average molecular weight is 388 g/mol. The summed E-state index contributed by atoms with van der Waals surface area (Å²) in [6, 6.07) is 4.05. The lowest BCUT2D eigenvalue weighted by Crippen LogP contribution is -2.47. The number of aromatic nitrogens is 4. The zero-order valence-electron chi connectivity index (χ0n) is 15.8. The zero-order valence-corrected chi connectivity index (χ0v) is 16.7. The summed E-state index contributed by atoms with van der Waals surface area (Å²) in [5.41, 5.74) is 1.00. The molecule has 9 heteroatoms. The van der Waals surface area contributed by atoms with Crippen LogP contribution in [0.2, 0.25) is 0 Å². The van der Waals surface area contributed by atoms with Gasteiger partial charge in [-0.25, -0.2) is 15.0 Å². The van der Waals surface area contributed by atoms with Crippen LogP contribution in [0.4, 0.5) is 17.6 Å². The average Bonchev–Trinajstić information content (AvgIpc) is 2.74. The molecule has 0 aliphatic carbocycles. The highest BCUT2D eigenvalue weighted by atomic mass is 32.2. The van der Waals surface area contributed by atoms with E-state index in [1.165, 1.54) is 0 Å². The van der Waals surface area contributed by atoms with E-state index in [1.54, 1.807) is 11.8 Å². The Balaban J connectivity index is 1.45. The third-order valence-corrected chi connectivity index (χ3v) is 5.41. The molecule has 2 saturated heterocycles. The number of hydrogen-bond acceptors (Lipinski definition) is 9. The summed E-state index contributed by atoms with van der Waals surface area (Å²) >= 11 is 1.57. The van der Waals surface area contributed by atoms with Crippen molar-refractivity contribution < 1.29 is 4.74 Å². The van der Waals surface area contributed by atoms with E-state index in [9.17, 15) is 0 Å². The molecule has 0 radical (unpaired) electrons. The molecule has 144 valence electrons. The van der Waals surface area contributed by atoms with Crippen LogP contribution in [0.15, 0.2) is 23.5 Å². The molecule has 0 aromatic carbocycles. The molecule has 2 aromatic heterocycles. The van der Waals surface area contributed by atoms with Crippen molar-refractivity contribution in [1.82, 2.24) is 19.9 Å². The smallest absolute Gasteiger partial charge is 0.227 e. The lowest BCUT2D eigenvalue weighted by atomic mass is 10.3. The van der Waals surface area contributed by atoms with Crippen LogP contribution in [0.3, 0.4) is 0 Å². The van der Waals surface area contributed by atoms with Gasteiger partial charge in [0.05, 0.1) is 13.2 Å². The van der Waals surface area contributed by atoms with Gasteiger partial charge < -0.3 is 19.4 Å². The van der Waals surface area contributed by atoms with Crippen LogP contribution in [0.1, 0.15) is 5.69 Å². The summed E-state index contributed by atoms with van der Waals surface area (Å²) in [5.74, 6) is 2.82. The molecule has 4 rings (SSSR count). The number of morpholine rings is 1. The molecule has 2 aliphatic heterocycles. The van der Waals surface area contributed by atoms with Gasteiger partial charge in [0, 0.05) is 57.2 Å². The van der Waals surface area contributed by atoms with Gasteiger partial charge in [-0.1, -0.05) is 11.8 Å². The minimum Gasteiger partial charge on any atom is -0.378 e. The summed E-state index contributed by atoms with van der Waals surface area (Å²) in [6.45, 7) is 8.88. The van der Waals surface area contributed by atoms with Crippen LogP contribution in [-0.2, 0) is 4.74 Å². The van der Waals surface area contributed by atoms with Gasteiger partial charge in [0.2, 0.25) is 5.95 Å². The molecule has 0 saturated carbocycles. The van der Waals surface area contributed by atoms with E-state index in [-0.39, 0.29) is 0 Å². The van der Waals surface area contributed by atoms with Crippen molar-refractivity contribution in [3.05, 3.63) is 24.0 Å². The van der Waals surface area contributed by atoms with Gasteiger partial charge in [-0.15, -0.1) is 0 Å². The van der Waals surface area contributed by atoms with Crippen LogP contribution in [0, 0.1) is 6.92 Å². The monoisotopic (exact) mass is 387 g/mol. The summed E-state index contributed by atoms with van der Waals surface area (Å²) in [5, 5.41) is 0.812. The highest BCUT2D eigenvalue weighted by molar-refractivity contribution is 7.98. The van der Waals surface area contributed by atoms with Gasteiger partial charge >= 0.3 is 0 Å². The zero-order chi connectivity index (χ0) is 18.6. The Hall–Kier alpha value is -2.13. The summed E-state index contributed by atoms with van der Waals surface area (Å²) < 4.78 is 5.46. The Morgan fingerprint density at radius 2 is 1.59 bits per heavy atom. The van der Waals surface area contributed by atoms with E-state index >= 15 is 0 Å². The standard InChI is InChI=1S/C18H25N7OS/c1-14-13-16(24-9-11-26-12-10-24)21-17(20-14)25-7-5-23(6-8-25)15-3-4-19-18(22-15)27-2/h3-4,13H,5-12H2,1-2H3. The number of rotatable bonds is 4. The fourth-order valence-electron chi connectivity index (χ4n) is 3.37. The molecule has 0 amide bonds. The molecule has 4 heterocycles. The first-order chi connectivity index (χ1) is 13.2. The van der Waals surface area contributed by atoms with Crippen LogP contribution in [0.5, 0.6) is 0 Å². The first kappa shape index (κ1) is 18.2. The second-order valence-corrected chi connectivity index (χ2v) is 7.42. The Morgan fingerprint density at radius 3 is 2.33 bits per heavy atom. The fraction of sp³-hybridized carbons (Fsp3) is 0.556. The predicted molar refractivity (Wildman–Crippen MR) is 108 cm³/mol. The summed E-state index contributed by atoms with van der Waals surface area (Å²) in [6.07, 6.45) is 3.83. The second-order valence-electron chi connectivity index (χ2n) is 6.64. The molecular formula is C18H25N7OS. The van der Waals surface area contributed by atoms with Crippen LogP contribution < -0.4 is 14.7 Å². The maximum atomic E-state index is 5.46. The normalized spacial score (nSPS) is 18.1. The SMILES string of the molecule is CSc1nccc(N2CCN(c3nc(C)cc(N4CCOCC4)n3)CC2)n1. The second kappa shape index (κ2) is 8.26. The largest absolute Gasteiger partial charge is 0.378 e. The number of ether oxygens (including phenoxy) is 1.